The highest BCUT2D eigenvalue weighted by Crippen LogP contribution is 2.35. The number of nitrogens with one attached hydrogen (secondary N) is 1. The minimum absolute atomic E-state index is 0.0659. The maximum absolute atomic E-state index is 12.5. The van der Waals surface area contributed by atoms with Crippen LogP contribution in [0.2, 0.25) is 0 Å². The molecule has 2 aliphatic rings. The number of carbonyl (C=O) groups is 3. The molecule has 0 unspecified atom stereocenters. The molecule has 28 heavy (non-hydrogen) atoms. The standard InChI is InChI=1S/C18H19N5O5/c24-14(7-10-22-16(26)18(19-17(22)27)8-3-4-9-18)28-11-23-15(25)12-5-1-2-6-13(12)20-21-23/h1-2,5-6H,3-4,7-11H2,(H,19,27). The van der Waals surface area contributed by atoms with E-state index in [1.54, 1.807) is 24.3 Å². The number of ether oxygens (including phenoxy) is 1. The molecule has 3 amide bonds. The molecule has 10 heteroatoms. The van der Waals surface area contributed by atoms with E-state index in [2.05, 4.69) is 15.6 Å². The Morgan fingerprint density at radius 2 is 1.93 bits per heavy atom. The summed E-state index contributed by atoms with van der Waals surface area (Å²) in [5.41, 5.74) is -0.764. The fraction of sp³-hybridized carbons (Fsp3) is 0.444. The third-order valence-electron chi connectivity index (χ3n) is 5.22. The summed E-state index contributed by atoms with van der Waals surface area (Å²) < 4.78 is 6.00. The summed E-state index contributed by atoms with van der Waals surface area (Å²) in [4.78, 5) is 50.0. The van der Waals surface area contributed by atoms with Crippen LogP contribution in [-0.2, 0) is 21.1 Å². The van der Waals surface area contributed by atoms with Gasteiger partial charge in [0.25, 0.3) is 11.5 Å². The minimum Gasteiger partial charge on any atom is -0.442 e. The first-order valence-electron chi connectivity index (χ1n) is 9.12. The van der Waals surface area contributed by atoms with Gasteiger partial charge >= 0.3 is 12.0 Å². The molecule has 2 aromatic rings. The van der Waals surface area contributed by atoms with Crippen LogP contribution in [0.25, 0.3) is 10.9 Å². The van der Waals surface area contributed by atoms with Gasteiger partial charge in [-0.1, -0.05) is 30.2 Å². The number of urea groups is 1. The summed E-state index contributed by atoms with van der Waals surface area (Å²) in [7, 11) is 0. The average molecular weight is 385 g/mol. The SMILES string of the molecule is O=C(CCN1C(=O)NC2(CCCC2)C1=O)OCn1nnc2ccccc2c1=O. The number of amides is 3. The van der Waals surface area contributed by atoms with Crippen LogP contribution in [0.1, 0.15) is 32.1 Å². The molecule has 1 spiro atoms. The van der Waals surface area contributed by atoms with Gasteiger partial charge in [0, 0.05) is 6.54 Å². The van der Waals surface area contributed by atoms with Crippen molar-refractivity contribution in [3.8, 4) is 0 Å². The number of nitrogens with zero attached hydrogens (tertiary/aromatic N) is 4. The Balaban J connectivity index is 1.34. The van der Waals surface area contributed by atoms with E-state index in [1.165, 1.54) is 0 Å². The quantitative estimate of drug-likeness (QED) is 0.589. The van der Waals surface area contributed by atoms with E-state index in [0.29, 0.717) is 23.7 Å². The van der Waals surface area contributed by atoms with Crippen molar-refractivity contribution in [2.24, 2.45) is 0 Å². The first kappa shape index (κ1) is 18.1. The van der Waals surface area contributed by atoms with Gasteiger partial charge in [-0.3, -0.25) is 19.3 Å². The fourth-order valence-corrected chi connectivity index (χ4v) is 3.71. The van der Waals surface area contributed by atoms with Crippen LogP contribution in [-0.4, -0.2) is 49.9 Å². The van der Waals surface area contributed by atoms with Gasteiger partial charge in [-0.2, -0.15) is 4.68 Å². The molecule has 4 rings (SSSR count). The summed E-state index contributed by atoms with van der Waals surface area (Å²) >= 11 is 0. The van der Waals surface area contributed by atoms with Crippen molar-refractivity contribution in [1.82, 2.24) is 25.2 Å². The fourth-order valence-electron chi connectivity index (χ4n) is 3.71. The Hall–Kier alpha value is -3.30. The van der Waals surface area contributed by atoms with E-state index in [1.807, 2.05) is 0 Å². The third-order valence-corrected chi connectivity index (χ3v) is 5.22. The molecule has 1 N–H and O–H groups in total. The zero-order valence-electron chi connectivity index (χ0n) is 15.1. The maximum atomic E-state index is 12.5. The topological polar surface area (TPSA) is 123 Å². The Morgan fingerprint density at radius 1 is 1.18 bits per heavy atom. The molecular formula is C18H19N5O5. The Kier molecular flexibility index (Phi) is 4.54. The number of esters is 1. The van der Waals surface area contributed by atoms with E-state index >= 15 is 0 Å². The van der Waals surface area contributed by atoms with Crippen molar-refractivity contribution in [1.29, 1.82) is 0 Å². The van der Waals surface area contributed by atoms with Crippen LogP contribution in [0.3, 0.4) is 0 Å². The summed E-state index contributed by atoms with van der Waals surface area (Å²) in [6.45, 7) is -0.455. The Labute approximate surface area is 159 Å². The van der Waals surface area contributed by atoms with Crippen LogP contribution in [0.15, 0.2) is 29.1 Å². The van der Waals surface area contributed by atoms with Crippen LogP contribution < -0.4 is 10.9 Å². The molecule has 0 radical (unpaired) electrons. The van der Waals surface area contributed by atoms with E-state index in [0.717, 1.165) is 22.4 Å². The van der Waals surface area contributed by atoms with Gasteiger partial charge in [0.1, 0.15) is 11.1 Å². The largest absolute Gasteiger partial charge is 0.442 e. The Bertz CT molecular complexity index is 1010. The van der Waals surface area contributed by atoms with Gasteiger partial charge in [0.2, 0.25) is 0 Å². The lowest BCUT2D eigenvalue weighted by Gasteiger charge is -2.19. The second-order valence-corrected chi connectivity index (χ2v) is 6.98. The number of fused-ring (bicyclic) bond motifs is 1. The number of benzene rings is 1. The highest BCUT2D eigenvalue weighted by molar-refractivity contribution is 6.07. The molecule has 2 heterocycles. The van der Waals surface area contributed by atoms with Crippen molar-refractivity contribution in [3.05, 3.63) is 34.6 Å². The average Bonchev–Trinajstić information content (AvgIpc) is 3.25. The molecule has 1 aliphatic heterocycles. The molecule has 146 valence electrons. The maximum Gasteiger partial charge on any atom is 0.325 e. The zero-order chi connectivity index (χ0) is 19.7. The smallest absolute Gasteiger partial charge is 0.325 e. The van der Waals surface area contributed by atoms with E-state index in [9.17, 15) is 19.2 Å². The van der Waals surface area contributed by atoms with Gasteiger partial charge in [0.15, 0.2) is 6.73 Å². The number of rotatable bonds is 5. The first-order chi connectivity index (χ1) is 13.5. The first-order valence-corrected chi connectivity index (χ1v) is 9.12. The van der Waals surface area contributed by atoms with E-state index in [4.69, 9.17) is 4.74 Å². The van der Waals surface area contributed by atoms with Crippen LogP contribution in [0, 0.1) is 0 Å². The van der Waals surface area contributed by atoms with E-state index in [-0.39, 0.29) is 25.6 Å². The normalized spacial score (nSPS) is 18.1. The number of carbonyl (C=O) groups excluding carboxylic acids is 3. The molecule has 10 nitrogen and oxygen atoms in total. The second-order valence-electron chi connectivity index (χ2n) is 6.98. The number of hydrogen-bond donors (Lipinski definition) is 1. The summed E-state index contributed by atoms with van der Waals surface area (Å²) in [5, 5.41) is 10.8. The molecule has 1 saturated heterocycles. The molecular weight excluding hydrogens is 366 g/mol. The van der Waals surface area contributed by atoms with Crippen molar-refractivity contribution in [2.75, 3.05) is 6.54 Å². The van der Waals surface area contributed by atoms with Gasteiger partial charge in [-0.05, 0) is 25.0 Å². The monoisotopic (exact) mass is 385 g/mol. The number of hydrogen-bond acceptors (Lipinski definition) is 7. The van der Waals surface area contributed by atoms with Gasteiger partial charge in [0.05, 0.1) is 11.8 Å². The van der Waals surface area contributed by atoms with E-state index < -0.39 is 23.1 Å². The van der Waals surface area contributed by atoms with Crippen molar-refractivity contribution < 1.29 is 19.1 Å². The lowest BCUT2D eigenvalue weighted by molar-refractivity contribution is -0.148. The third kappa shape index (κ3) is 3.10. The molecule has 2 fully saturated rings. The van der Waals surface area contributed by atoms with Crippen LogP contribution >= 0.6 is 0 Å². The predicted molar refractivity (Wildman–Crippen MR) is 96.0 cm³/mol. The van der Waals surface area contributed by atoms with Gasteiger partial charge < -0.3 is 10.1 Å². The van der Waals surface area contributed by atoms with Crippen LogP contribution in [0.4, 0.5) is 4.79 Å². The second kappa shape index (κ2) is 7.02. The zero-order valence-corrected chi connectivity index (χ0v) is 15.1. The van der Waals surface area contributed by atoms with Crippen molar-refractivity contribution in [3.63, 3.8) is 0 Å². The molecule has 1 aromatic carbocycles. The Morgan fingerprint density at radius 3 is 2.71 bits per heavy atom. The molecule has 0 bridgehead atoms. The van der Waals surface area contributed by atoms with Gasteiger partial charge in [-0.15, -0.1) is 5.10 Å². The summed E-state index contributed by atoms with van der Waals surface area (Å²) in [5.74, 6) is -0.922. The molecule has 0 atom stereocenters. The molecule has 1 saturated carbocycles. The summed E-state index contributed by atoms with van der Waals surface area (Å²) in [6.07, 6.45) is 2.88. The van der Waals surface area contributed by atoms with Gasteiger partial charge in [-0.25, -0.2) is 4.79 Å². The molecule has 1 aromatic heterocycles. The van der Waals surface area contributed by atoms with Crippen LogP contribution in [0.5, 0.6) is 0 Å². The van der Waals surface area contributed by atoms with Crippen molar-refractivity contribution in [2.45, 2.75) is 44.4 Å². The lowest BCUT2D eigenvalue weighted by Crippen LogP contribution is -2.44. The highest BCUT2D eigenvalue weighted by atomic mass is 16.5. The lowest BCUT2D eigenvalue weighted by atomic mass is 9.98. The molecule has 1 aliphatic carbocycles. The highest BCUT2D eigenvalue weighted by Gasteiger charge is 2.52. The summed E-state index contributed by atoms with van der Waals surface area (Å²) in [6, 6.07) is 6.25. The van der Waals surface area contributed by atoms with Crippen molar-refractivity contribution >= 4 is 28.8 Å². The number of imide groups is 1. The minimum atomic E-state index is -0.797. The predicted octanol–water partition coefficient (Wildman–Crippen LogP) is 0.547. The number of aromatic nitrogens is 3.